The zero-order valence-electron chi connectivity index (χ0n) is 24.3. The van der Waals surface area contributed by atoms with Crippen LogP contribution in [0.4, 0.5) is 0 Å². The van der Waals surface area contributed by atoms with Crippen molar-refractivity contribution < 1.29 is 0 Å². The van der Waals surface area contributed by atoms with Crippen molar-refractivity contribution in [2.45, 2.75) is 137 Å². The second kappa shape index (κ2) is 15.5. The number of rotatable bonds is 17. The van der Waals surface area contributed by atoms with Crippen LogP contribution in [0.3, 0.4) is 0 Å². The van der Waals surface area contributed by atoms with Crippen LogP contribution < -0.4 is 0 Å². The Labute approximate surface area is 219 Å². The molecule has 0 N–H and O–H groups in total. The van der Waals surface area contributed by atoms with Crippen molar-refractivity contribution in [1.29, 1.82) is 0 Å². The highest BCUT2D eigenvalue weighted by atomic mass is 14.3. The molecule has 2 aromatic carbocycles. The maximum atomic E-state index is 2.64. The van der Waals surface area contributed by atoms with E-state index < -0.39 is 0 Å². The molecular weight excluding hydrogens is 420 g/mol. The average Bonchev–Trinajstić information content (AvgIpc) is 2.88. The molecule has 0 saturated carbocycles. The van der Waals surface area contributed by atoms with Gasteiger partial charge in [-0.05, 0) is 97.1 Å². The van der Waals surface area contributed by atoms with Crippen LogP contribution in [-0.4, -0.2) is 0 Å². The van der Waals surface area contributed by atoms with Crippen molar-refractivity contribution in [3.8, 4) is 0 Å². The molecule has 0 heteroatoms. The van der Waals surface area contributed by atoms with Gasteiger partial charge in [-0.15, -0.1) is 0 Å². The molecule has 0 fully saturated rings. The van der Waals surface area contributed by atoms with Crippen molar-refractivity contribution in [1.82, 2.24) is 0 Å². The SMILES string of the molecule is CCCCc1ccc(C(C)([CH]C(C)CC)c2ccc(CCCC)c(CCCC)c2)cc1CCCC. The number of unbranched alkanes of at least 4 members (excludes halogenated alkanes) is 4. The lowest BCUT2D eigenvalue weighted by atomic mass is 9.69. The lowest BCUT2D eigenvalue weighted by Gasteiger charge is -2.35. The molecule has 35 heavy (non-hydrogen) atoms. The highest BCUT2D eigenvalue weighted by Crippen LogP contribution is 2.40. The number of hydrogen-bond donors (Lipinski definition) is 0. The van der Waals surface area contributed by atoms with Gasteiger partial charge < -0.3 is 0 Å². The van der Waals surface area contributed by atoms with Gasteiger partial charge in [-0.1, -0.05) is 117 Å². The van der Waals surface area contributed by atoms with Gasteiger partial charge in [0.05, 0.1) is 0 Å². The number of benzene rings is 2. The van der Waals surface area contributed by atoms with Gasteiger partial charge in [0.2, 0.25) is 0 Å². The molecule has 0 heterocycles. The highest BCUT2D eigenvalue weighted by molar-refractivity contribution is 5.48. The minimum absolute atomic E-state index is 0.0655. The van der Waals surface area contributed by atoms with Gasteiger partial charge in [0, 0.05) is 5.41 Å². The first-order valence-electron chi connectivity index (χ1n) is 15.0. The van der Waals surface area contributed by atoms with Gasteiger partial charge in [-0.2, -0.15) is 0 Å². The first kappa shape index (κ1) is 29.7. The summed E-state index contributed by atoms with van der Waals surface area (Å²) in [4.78, 5) is 0. The Kier molecular flexibility index (Phi) is 13.2. The topological polar surface area (TPSA) is 0 Å². The molecule has 0 aromatic heterocycles. The Morgan fingerprint density at radius 3 is 1.31 bits per heavy atom. The van der Waals surface area contributed by atoms with Crippen molar-refractivity contribution in [3.05, 3.63) is 76.2 Å². The smallest absolute Gasteiger partial charge is 0.0208 e. The molecule has 0 saturated heterocycles. The van der Waals surface area contributed by atoms with E-state index in [9.17, 15) is 0 Å². The van der Waals surface area contributed by atoms with E-state index in [2.05, 4.69) is 91.3 Å². The summed E-state index contributed by atoms with van der Waals surface area (Å²) in [5.41, 5.74) is 9.23. The molecule has 2 rings (SSSR count). The Morgan fingerprint density at radius 1 is 0.600 bits per heavy atom. The Hall–Kier alpha value is -1.56. The summed E-state index contributed by atoms with van der Waals surface area (Å²) >= 11 is 0. The van der Waals surface area contributed by atoms with Crippen LogP contribution in [0, 0.1) is 12.3 Å². The second-order valence-corrected chi connectivity index (χ2v) is 11.1. The summed E-state index contributed by atoms with van der Waals surface area (Å²) in [6.07, 6.45) is 18.9. The minimum Gasteiger partial charge on any atom is -0.0654 e. The summed E-state index contributed by atoms with van der Waals surface area (Å²) in [7, 11) is 0. The first-order valence-corrected chi connectivity index (χ1v) is 15.0. The van der Waals surface area contributed by atoms with E-state index in [-0.39, 0.29) is 5.41 Å². The largest absolute Gasteiger partial charge is 0.0654 e. The third-order valence-electron chi connectivity index (χ3n) is 8.07. The lowest BCUT2D eigenvalue weighted by molar-refractivity contribution is 0.521. The van der Waals surface area contributed by atoms with Gasteiger partial charge in [-0.3, -0.25) is 0 Å². The van der Waals surface area contributed by atoms with E-state index >= 15 is 0 Å². The maximum absolute atomic E-state index is 2.64. The van der Waals surface area contributed by atoms with Gasteiger partial charge in [0.25, 0.3) is 0 Å². The van der Waals surface area contributed by atoms with Gasteiger partial charge >= 0.3 is 0 Å². The molecule has 0 bridgehead atoms. The summed E-state index contributed by atoms with van der Waals surface area (Å²) < 4.78 is 0. The summed E-state index contributed by atoms with van der Waals surface area (Å²) in [6.45, 7) is 16.4. The normalized spacial score (nSPS) is 12.8. The van der Waals surface area contributed by atoms with Crippen LogP contribution in [0.1, 0.15) is 140 Å². The Bertz CT molecular complexity index is 795. The van der Waals surface area contributed by atoms with Crippen molar-refractivity contribution in [2.75, 3.05) is 0 Å². The van der Waals surface area contributed by atoms with Gasteiger partial charge in [-0.25, -0.2) is 0 Å². The van der Waals surface area contributed by atoms with E-state index in [0.717, 1.165) is 0 Å². The third-order valence-corrected chi connectivity index (χ3v) is 8.07. The summed E-state index contributed by atoms with van der Waals surface area (Å²) in [5.74, 6) is 0.581. The molecule has 1 radical (unpaired) electrons. The quantitative estimate of drug-likeness (QED) is 0.213. The molecule has 1 unspecified atom stereocenters. The Balaban J connectivity index is 2.58. The van der Waals surface area contributed by atoms with E-state index in [1.165, 1.54) is 94.6 Å². The fourth-order valence-electron chi connectivity index (χ4n) is 5.37. The Morgan fingerprint density at radius 2 is 0.971 bits per heavy atom. The highest BCUT2D eigenvalue weighted by Gasteiger charge is 2.32. The fourth-order valence-corrected chi connectivity index (χ4v) is 5.37. The van der Waals surface area contributed by atoms with Crippen LogP contribution in [-0.2, 0) is 31.1 Å². The summed E-state index contributed by atoms with van der Waals surface area (Å²) in [6, 6.07) is 15.0. The molecule has 0 spiro atoms. The van der Waals surface area contributed by atoms with Crippen LogP contribution in [0.25, 0.3) is 0 Å². The third kappa shape index (κ3) is 8.51. The van der Waals surface area contributed by atoms with Crippen molar-refractivity contribution in [3.63, 3.8) is 0 Å². The van der Waals surface area contributed by atoms with Crippen molar-refractivity contribution in [2.24, 2.45) is 5.92 Å². The zero-order chi connectivity index (χ0) is 25.7. The molecule has 1 atom stereocenters. The monoisotopic (exact) mass is 475 g/mol. The summed E-state index contributed by atoms with van der Waals surface area (Å²) in [5, 5.41) is 0. The second-order valence-electron chi connectivity index (χ2n) is 11.1. The number of hydrogen-bond acceptors (Lipinski definition) is 0. The molecular formula is C35H55. The fraction of sp³-hybridized carbons (Fsp3) is 0.629. The lowest BCUT2D eigenvalue weighted by Crippen LogP contribution is -2.28. The van der Waals surface area contributed by atoms with E-state index in [1.807, 2.05) is 0 Å². The van der Waals surface area contributed by atoms with E-state index in [1.54, 1.807) is 22.3 Å². The minimum atomic E-state index is -0.0655. The molecule has 0 amide bonds. The van der Waals surface area contributed by atoms with Crippen LogP contribution in [0.15, 0.2) is 36.4 Å². The van der Waals surface area contributed by atoms with Crippen LogP contribution in [0.2, 0.25) is 0 Å². The molecule has 0 aliphatic rings. The van der Waals surface area contributed by atoms with Gasteiger partial charge in [0.15, 0.2) is 0 Å². The number of aryl methyl sites for hydroxylation is 4. The van der Waals surface area contributed by atoms with Crippen LogP contribution in [0.5, 0.6) is 0 Å². The molecule has 2 aromatic rings. The van der Waals surface area contributed by atoms with E-state index in [4.69, 9.17) is 0 Å². The van der Waals surface area contributed by atoms with Gasteiger partial charge in [0.1, 0.15) is 0 Å². The zero-order valence-corrected chi connectivity index (χ0v) is 24.3. The van der Waals surface area contributed by atoms with Crippen LogP contribution >= 0.6 is 0 Å². The predicted octanol–water partition coefficient (Wildman–Crippen LogP) is 10.6. The molecule has 0 aliphatic carbocycles. The molecule has 0 nitrogen and oxygen atoms in total. The molecule has 0 aliphatic heterocycles. The maximum Gasteiger partial charge on any atom is 0.0208 e. The standard InChI is InChI=1S/C35H55/c1-8-13-17-29-21-23-33(25-31(29)19-15-10-3)35(7,27-28(6)12-5)34-24-22-30(18-14-9-2)32(26-34)20-16-11-4/h21-28H,8-20H2,1-7H3. The van der Waals surface area contributed by atoms with Crippen molar-refractivity contribution >= 4 is 0 Å². The molecule has 195 valence electrons. The first-order chi connectivity index (χ1) is 16.9. The van der Waals surface area contributed by atoms with E-state index in [0.29, 0.717) is 5.92 Å². The average molecular weight is 476 g/mol. The predicted molar refractivity (Wildman–Crippen MR) is 158 cm³/mol.